The molecule has 0 saturated heterocycles. The Morgan fingerprint density at radius 2 is 1.86 bits per heavy atom. The van der Waals surface area contributed by atoms with Gasteiger partial charge in [0.1, 0.15) is 34.1 Å². The number of nitrogens with one attached hydrogen (secondary N) is 2. The van der Waals surface area contributed by atoms with Crippen LogP contribution in [0.2, 0.25) is 0 Å². The van der Waals surface area contributed by atoms with Crippen molar-refractivity contribution in [2.24, 2.45) is 7.05 Å². The quantitative estimate of drug-likeness (QED) is 0.197. The van der Waals surface area contributed by atoms with Gasteiger partial charge in [-0.1, -0.05) is 13.8 Å². The molecule has 0 spiro atoms. The molecule has 5 rings (SSSR count). The van der Waals surface area contributed by atoms with E-state index in [9.17, 15) is 17.6 Å². The number of pyridine rings is 1. The van der Waals surface area contributed by atoms with Gasteiger partial charge in [-0.25, -0.2) is 18.7 Å². The van der Waals surface area contributed by atoms with Gasteiger partial charge >= 0.3 is 12.2 Å². The van der Waals surface area contributed by atoms with Crippen LogP contribution in [0.3, 0.4) is 0 Å². The molecular formula is C29H35F5N8O2. The molecule has 3 aromatic heterocycles. The second kappa shape index (κ2) is 13.6. The summed E-state index contributed by atoms with van der Waals surface area (Å²) in [5.74, 6) is -1.79. The Hall–Kier alpha value is -4.27. The van der Waals surface area contributed by atoms with Crippen LogP contribution >= 0.6 is 0 Å². The maximum atomic E-state index is 16.4. The number of alkyl halides is 3. The zero-order valence-electron chi connectivity index (χ0n) is 25.1. The molecule has 10 nitrogen and oxygen atoms in total. The third-order valence-electron chi connectivity index (χ3n) is 6.91. The molecule has 1 unspecified atom stereocenters. The number of imidazole rings is 1. The zero-order valence-corrected chi connectivity index (χ0v) is 25.1. The lowest BCUT2D eigenvalue weighted by Crippen LogP contribution is -2.26. The monoisotopic (exact) mass is 622 g/mol. The number of halogens is 5. The van der Waals surface area contributed by atoms with Crippen LogP contribution in [0.4, 0.5) is 33.5 Å². The number of anilines is 2. The number of nitrogens with two attached hydrogens (primary N) is 1. The van der Waals surface area contributed by atoms with Crippen LogP contribution in [-0.2, 0) is 19.6 Å². The minimum Gasteiger partial charge on any atom is -0.474 e. The van der Waals surface area contributed by atoms with Gasteiger partial charge < -0.3 is 30.4 Å². The number of hydrogen-bond donors (Lipinski definition) is 3. The molecule has 44 heavy (non-hydrogen) atoms. The Bertz CT molecular complexity index is 1630. The average molecular weight is 623 g/mol. The molecule has 0 saturated carbocycles. The van der Waals surface area contributed by atoms with Crippen LogP contribution in [0.5, 0.6) is 11.9 Å². The number of nitrogen functional groups attached to an aromatic ring is 1. The molecule has 4 heterocycles. The fraction of sp³-hybridized carbons (Fsp3) is 0.448. The van der Waals surface area contributed by atoms with Crippen LogP contribution in [0, 0.1) is 18.6 Å². The highest BCUT2D eigenvalue weighted by Crippen LogP contribution is 2.44. The van der Waals surface area contributed by atoms with Gasteiger partial charge in [-0.05, 0) is 38.4 Å². The maximum Gasteiger partial charge on any atom is 0.417 e. The van der Waals surface area contributed by atoms with Crippen molar-refractivity contribution in [1.82, 2.24) is 29.8 Å². The zero-order chi connectivity index (χ0) is 32.2. The molecule has 238 valence electrons. The third kappa shape index (κ3) is 6.77. The van der Waals surface area contributed by atoms with Gasteiger partial charge in [0.25, 0.3) is 0 Å². The predicted octanol–water partition coefficient (Wildman–Crippen LogP) is 5.43. The molecule has 1 aliphatic rings. The summed E-state index contributed by atoms with van der Waals surface area (Å²) in [6.07, 6.45) is -1.19. The molecule has 0 radical (unpaired) electrons. The summed E-state index contributed by atoms with van der Waals surface area (Å²) in [4.78, 5) is 17.1. The highest BCUT2D eigenvalue weighted by Gasteiger charge is 2.39. The van der Waals surface area contributed by atoms with Crippen LogP contribution in [-0.4, -0.2) is 56.8 Å². The minimum absolute atomic E-state index is 0.0295. The van der Waals surface area contributed by atoms with E-state index in [0.717, 1.165) is 18.8 Å². The van der Waals surface area contributed by atoms with E-state index in [0.29, 0.717) is 32.5 Å². The highest BCUT2D eigenvalue weighted by molar-refractivity contribution is 5.96. The number of hydrogen-bond acceptors (Lipinski definition) is 9. The lowest BCUT2D eigenvalue weighted by molar-refractivity contribution is -0.137. The summed E-state index contributed by atoms with van der Waals surface area (Å²) in [6, 6.07) is 0.501. The van der Waals surface area contributed by atoms with Gasteiger partial charge in [-0.3, -0.25) is 0 Å². The molecule has 1 atom stereocenters. The van der Waals surface area contributed by atoms with E-state index in [2.05, 4.69) is 30.6 Å². The van der Waals surface area contributed by atoms with Crippen LogP contribution < -0.4 is 25.8 Å². The van der Waals surface area contributed by atoms with Crippen LogP contribution in [0.15, 0.2) is 18.5 Å². The Kier molecular flexibility index (Phi) is 10.1. The van der Waals surface area contributed by atoms with Crippen molar-refractivity contribution in [1.29, 1.82) is 0 Å². The van der Waals surface area contributed by atoms with Gasteiger partial charge in [-0.2, -0.15) is 23.1 Å². The van der Waals surface area contributed by atoms with Crippen molar-refractivity contribution in [3.63, 3.8) is 0 Å². The molecule has 15 heteroatoms. The van der Waals surface area contributed by atoms with Gasteiger partial charge in [0.05, 0.1) is 24.0 Å². The van der Waals surface area contributed by atoms with E-state index >= 15 is 4.39 Å². The summed E-state index contributed by atoms with van der Waals surface area (Å²) < 4.78 is 87.2. The summed E-state index contributed by atoms with van der Waals surface area (Å²) in [6.45, 7) is 8.26. The standard InChI is InChI=1S/C27H29F5N8O2.C2H6/c1-13-4-6-34-7-8-36-24-18-23(38-26(39-24)41-11-5-17-35-9-10-40(17)3)21(29)22(37-25(18)42-13)15-12-16(33)20(28)14(2)19(15)27(30,31)32;1-2/h9-10,12-13,34H,4-8,11,33H2,1-3H3,(H,36,38,39);1-2H3. The Morgan fingerprint density at radius 1 is 1.11 bits per heavy atom. The van der Waals surface area contributed by atoms with E-state index in [-0.39, 0.29) is 35.2 Å². The fourth-order valence-corrected chi connectivity index (χ4v) is 4.77. The van der Waals surface area contributed by atoms with Gasteiger partial charge in [-0.15, -0.1) is 0 Å². The SMILES string of the molecule is CC.Cc1c(F)c(N)cc(-c2nc3c4c(nc(OCCc5nccn5C)nc4c2F)NCCNCCC(C)O3)c1C(F)(F)F. The molecule has 4 N–H and O–H groups in total. The largest absolute Gasteiger partial charge is 0.474 e. The van der Waals surface area contributed by atoms with Crippen LogP contribution in [0.25, 0.3) is 22.2 Å². The van der Waals surface area contributed by atoms with Gasteiger partial charge in [0.15, 0.2) is 5.82 Å². The van der Waals surface area contributed by atoms with E-state index in [4.69, 9.17) is 15.2 Å². The van der Waals surface area contributed by atoms with Crippen molar-refractivity contribution in [2.45, 2.75) is 52.8 Å². The fourth-order valence-electron chi connectivity index (χ4n) is 4.77. The first-order valence-electron chi connectivity index (χ1n) is 14.2. The number of aryl methyl sites for hydroxylation is 1. The van der Waals surface area contributed by atoms with Crippen molar-refractivity contribution >= 4 is 22.4 Å². The van der Waals surface area contributed by atoms with Crippen molar-refractivity contribution < 1.29 is 31.4 Å². The molecule has 4 aromatic rings. The lowest BCUT2D eigenvalue weighted by Gasteiger charge is -2.21. The number of aromatic nitrogens is 5. The summed E-state index contributed by atoms with van der Waals surface area (Å²) in [5, 5.41) is 6.36. The molecule has 1 aliphatic heterocycles. The third-order valence-corrected chi connectivity index (χ3v) is 6.91. The lowest BCUT2D eigenvalue weighted by atomic mass is 9.96. The molecule has 0 amide bonds. The van der Waals surface area contributed by atoms with E-state index in [1.807, 2.05) is 25.5 Å². The molecule has 1 aromatic carbocycles. The number of rotatable bonds is 5. The highest BCUT2D eigenvalue weighted by atomic mass is 19.4. The van der Waals surface area contributed by atoms with E-state index < -0.39 is 52.0 Å². The normalized spacial score (nSPS) is 15.5. The van der Waals surface area contributed by atoms with Crippen LogP contribution in [0.1, 0.15) is 44.1 Å². The average Bonchev–Trinajstić information content (AvgIpc) is 3.37. The number of nitrogens with zero attached hydrogens (tertiary/aromatic N) is 5. The first-order chi connectivity index (χ1) is 21.0. The number of benzene rings is 1. The minimum atomic E-state index is -5.05. The van der Waals surface area contributed by atoms with Crippen molar-refractivity contribution in [3.05, 3.63) is 47.0 Å². The summed E-state index contributed by atoms with van der Waals surface area (Å²) in [7, 11) is 1.82. The number of ether oxygens (including phenoxy) is 2. The Morgan fingerprint density at radius 3 is 2.55 bits per heavy atom. The second-order valence-electron chi connectivity index (χ2n) is 9.93. The van der Waals surface area contributed by atoms with E-state index in [1.165, 1.54) is 0 Å². The summed E-state index contributed by atoms with van der Waals surface area (Å²) >= 11 is 0. The maximum absolute atomic E-state index is 16.4. The first-order valence-corrected chi connectivity index (χ1v) is 14.2. The molecule has 0 bridgehead atoms. The summed E-state index contributed by atoms with van der Waals surface area (Å²) in [5.41, 5.74) is 1.05. The Balaban J connectivity index is 0.00000216. The smallest absolute Gasteiger partial charge is 0.417 e. The van der Waals surface area contributed by atoms with Gasteiger partial charge in [0, 0.05) is 44.5 Å². The Labute approximate surface area is 251 Å². The predicted molar refractivity (Wildman–Crippen MR) is 157 cm³/mol. The topological polar surface area (TPSA) is 125 Å². The van der Waals surface area contributed by atoms with Gasteiger partial charge in [0.2, 0.25) is 5.88 Å². The molecular weight excluding hydrogens is 587 g/mol. The second-order valence-corrected chi connectivity index (χ2v) is 9.93. The van der Waals surface area contributed by atoms with Crippen molar-refractivity contribution in [3.8, 4) is 23.1 Å². The molecule has 0 aliphatic carbocycles. The molecule has 0 fully saturated rings. The van der Waals surface area contributed by atoms with E-state index in [1.54, 1.807) is 19.3 Å². The van der Waals surface area contributed by atoms with Crippen molar-refractivity contribution in [2.75, 3.05) is 37.3 Å². The first kappa shape index (κ1) is 32.6.